The first-order chi connectivity index (χ1) is 15.8. The van der Waals surface area contributed by atoms with Gasteiger partial charge in [-0.2, -0.15) is 17.5 Å². The van der Waals surface area contributed by atoms with Gasteiger partial charge in [0.25, 0.3) is 0 Å². The number of halogens is 3. The van der Waals surface area contributed by atoms with E-state index in [9.17, 15) is 22.8 Å². The standard InChI is InChI=1S/C22H20F3N5O2S/c23-22(24,25)15-6-7-19(30-9-8-26-20(31)13-30)18(10-15)28-21(32)27-12-16-11-17(29-33-16)14-4-2-1-3-5-14/h1-7,10-11H,8-9,12-13H2,(H,26,31)(H2,27,28,32). The van der Waals surface area contributed by atoms with E-state index in [2.05, 4.69) is 20.3 Å². The second kappa shape index (κ2) is 9.49. The van der Waals surface area contributed by atoms with Crippen LogP contribution in [-0.2, 0) is 17.5 Å². The zero-order valence-corrected chi connectivity index (χ0v) is 18.1. The maximum absolute atomic E-state index is 13.2. The van der Waals surface area contributed by atoms with E-state index < -0.39 is 17.8 Å². The van der Waals surface area contributed by atoms with Gasteiger partial charge in [-0.15, -0.1) is 0 Å². The highest BCUT2D eigenvalue weighted by Crippen LogP contribution is 2.35. The number of nitrogens with one attached hydrogen (secondary N) is 3. The van der Waals surface area contributed by atoms with Crippen molar-refractivity contribution in [3.05, 3.63) is 65.0 Å². The Morgan fingerprint density at radius 2 is 1.94 bits per heavy atom. The van der Waals surface area contributed by atoms with E-state index in [1.807, 2.05) is 36.4 Å². The van der Waals surface area contributed by atoms with Gasteiger partial charge in [-0.25, -0.2) is 4.79 Å². The van der Waals surface area contributed by atoms with E-state index >= 15 is 0 Å². The van der Waals surface area contributed by atoms with Crippen molar-refractivity contribution in [1.29, 1.82) is 0 Å². The first-order valence-electron chi connectivity index (χ1n) is 10.1. The van der Waals surface area contributed by atoms with Gasteiger partial charge in [-0.1, -0.05) is 30.3 Å². The molecule has 1 aliphatic heterocycles. The maximum atomic E-state index is 13.2. The van der Waals surface area contributed by atoms with Crippen LogP contribution in [0.2, 0.25) is 0 Å². The minimum absolute atomic E-state index is 0.00914. The molecule has 0 saturated carbocycles. The first-order valence-corrected chi connectivity index (χ1v) is 10.9. The second-order valence-electron chi connectivity index (χ2n) is 7.35. The van der Waals surface area contributed by atoms with Gasteiger partial charge in [-0.05, 0) is 35.8 Å². The van der Waals surface area contributed by atoms with Crippen LogP contribution in [0.5, 0.6) is 0 Å². The van der Waals surface area contributed by atoms with Gasteiger partial charge in [0.15, 0.2) is 0 Å². The van der Waals surface area contributed by atoms with E-state index in [0.717, 1.165) is 28.3 Å². The van der Waals surface area contributed by atoms with Gasteiger partial charge in [0.05, 0.1) is 35.7 Å². The van der Waals surface area contributed by atoms with Crippen LogP contribution in [-0.4, -0.2) is 35.9 Å². The van der Waals surface area contributed by atoms with Crippen LogP contribution in [0, 0.1) is 0 Å². The fourth-order valence-corrected chi connectivity index (χ4v) is 4.08. The second-order valence-corrected chi connectivity index (χ2v) is 8.24. The highest BCUT2D eigenvalue weighted by Gasteiger charge is 2.32. The molecule has 3 N–H and O–H groups in total. The molecule has 0 radical (unpaired) electrons. The van der Waals surface area contributed by atoms with E-state index in [4.69, 9.17) is 0 Å². The van der Waals surface area contributed by atoms with Gasteiger partial charge < -0.3 is 20.9 Å². The molecule has 1 aromatic heterocycles. The summed E-state index contributed by atoms with van der Waals surface area (Å²) < 4.78 is 44.1. The number of carbonyl (C=O) groups is 2. The molecule has 11 heteroatoms. The molecule has 0 aliphatic carbocycles. The lowest BCUT2D eigenvalue weighted by atomic mass is 10.1. The highest BCUT2D eigenvalue weighted by molar-refractivity contribution is 7.06. The Morgan fingerprint density at radius 1 is 1.15 bits per heavy atom. The molecule has 0 spiro atoms. The lowest BCUT2D eigenvalue weighted by Gasteiger charge is -2.30. The molecule has 2 aromatic carbocycles. The van der Waals surface area contributed by atoms with E-state index in [1.54, 1.807) is 4.90 Å². The number of piperazine rings is 1. The molecule has 0 unspecified atom stereocenters. The van der Waals surface area contributed by atoms with Crippen molar-refractivity contribution in [3.8, 4) is 11.3 Å². The Bertz CT molecular complexity index is 1150. The Kier molecular flexibility index (Phi) is 6.50. The molecule has 0 bridgehead atoms. The van der Waals surface area contributed by atoms with Crippen LogP contribution in [0.4, 0.5) is 29.3 Å². The Hall–Kier alpha value is -3.60. The number of hydrogen-bond donors (Lipinski definition) is 3. The fourth-order valence-electron chi connectivity index (χ4n) is 3.41. The molecule has 1 saturated heterocycles. The normalized spacial score (nSPS) is 14.0. The number of urea groups is 1. The summed E-state index contributed by atoms with van der Waals surface area (Å²) in [6, 6.07) is 13.8. The van der Waals surface area contributed by atoms with Crippen molar-refractivity contribution in [2.24, 2.45) is 0 Å². The average molecular weight is 475 g/mol. The number of anilines is 2. The maximum Gasteiger partial charge on any atom is 0.416 e. The molecular weight excluding hydrogens is 455 g/mol. The summed E-state index contributed by atoms with van der Waals surface area (Å²) in [6.07, 6.45) is -4.57. The van der Waals surface area contributed by atoms with Crippen LogP contribution in [0.3, 0.4) is 0 Å². The monoisotopic (exact) mass is 475 g/mol. The van der Waals surface area contributed by atoms with Crippen molar-refractivity contribution in [3.63, 3.8) is 0 Å². The van der Waals surface area contributed by atoms with Gasteiger partial charge in [-0.3, -0.25) is 4.79 Å². The Labute approximate surface area is 191 Å². The van der Waals surface area contributed by atoms with Gasteiger partial charge in [0.1, 0.15) is 0 Å². The third-order valence-electron chi connectivity index (χ3n) is 5.00. The minimum atomic E-state index is -4.57. The SMILES string of the molecule is O=C1CN(c2ccc(C(F)(F)F)cc2NC(=O)NCc2cc(-c3ccccc3)ns2)CCN1. The van der Waals surface area contributed by atoms with Gasteiger partial charge in [0.2, 0.25) is 5.91 Å². The lowest BCUT2D eigenvalue weighted by Crippen LogP contribution is -2.48. The van der Waals surface area contributed by atoms with Crippen molar-refractivity contribution < 1.29 is 22.8 Å². The molecule has 0 atom stereocenters. The van der Waals surface area contributed by atoms with Crippen LogP contribution in [0.1, 0.15) is 10.4 Å². The summed E-state index contributed by atoms with van der Waals surface area (Å²) in [4.78, 5) is 26.7. The topological polar surface area (TPSA) is 86.4 Å². The van der Waals surface area contributed by atoms with Crippen LogP contribution in [0.25, 0.3) is 11.3 Å². The quantitative estimate of drug-likeness (QED) is 0.519. The zero-order chi connectivity index (χ0) is 23.4. The number of amides is 3. The summed E-state index contributed by atoms with van der Waals surface area (Å²) >= 11 is 1.23. The molecule has 7 nitrogen and oxygen atoms in total. The Balaban J connectivity index is 1.47. The fraction of sp³-hybridized carbons (Fsp3) is 0.227. The lowest BCUT2D eigenvalue weighted by molar-refractivity contribution is -0.137. The van der Waals surface area contributed by atoms with Crippen molar-refractivity contribution >= 4 is 34.8 Å². The predicted octanol–water partition coefficient (Wildman–Crippen LogP) is 4.09. The number of carbonyl (C=O) groups excluding carboxylic acids is 2. The molecule has 3 aromatic rings. The molecular formula is C22H20F3N5O2S. The molecule has 172 valence electrons. The van der Waals surface area contributed by atoms with Crippen molar-refractivity contribution in [1.82, 2.24) is 15.0 Å². The zero-order valence-electron chi connectivity index (χ0n) is 17.3. The average Bonchev–Trinajstić information content (AvgIpc) is 3.27. The van der Waals surface area contributed by atoms with Crippen molar-refractivity contribution in [2.45, 2.75) is 12.7 Å². The number of benzene rings is 2. The predicted molar refractivity (Wildman–Crippen MR) is 120 cm³/mol. The summed E-state index contributed by atoms with van der Waals surface area (Å²) in [5.74, 6) is -0.240. The summed E-state index contributed by atoms with van der Waals surface area (Å²) in [7, 11) is 0. The summed E-state index contributed by atoms with van der Waals surface area (Å²) in [5.41, 5.74) is 1.16. The number of hydrogen-bond acceptors (Lipinski definition) is 5. The minimum Gasteiger partial charge on any atom is -0.359 e. The largest absolute Gasteiger partial charge is 0.416 e. The van der Waals surface area contributed by atoms with Crippen LogP contribution in [0.15, 0.2) is 54.6 Å². The molecule has 1 fully saturated rings. The first kappa shape index (κ1) is 22.6. The summed E-state index contributed by atoms with van der Waals surface area (Å²) in [5, 5.41) is 7.82. The molecule has 3 amide bonds. The van der Waals surface area contributed by atoms with E-state index in [-0.39, 0.29) is 24.7 Å². The van der Waals surface area contributed by atoms with E-state index in [0.29, 0.717) is 18.8 Å². The van der Waals surface area contributed by atoms with Crippen molar-refractivity contribution in [2.75, 3.05) is 29.9 Å². The van der Waals surface area contributed by atoms with Gasteiger partial charge >= 0.3 is 12.2 Å². The highest BCUT2D eigenvalue weighted by atomic mass is 32.1. The summed E-state index contributed by atoms with van der Waals surface area (Å²) in [6.45, 7) is 0.929. The molecule has 33 heavy (non-hydrogen) atoms. The van der Waals surface area contributed by atoms with E-state index in [1.165, 1.54) is 17.6 Å². The molecule has 1 aliphatic rings. The number of rotatable bonds is 5. The number of aromatic nitrogens is 1. The third kappa shape index (κ3) is 5.61. The smallest absolute Gasteiger partial charge is 0.359 e. The van der Waals surface area contributed by atoms with Crippen LogP contribution >= 0.6 is 11.5 Å². The van der Waals surface area contributed by atoms with Crippen LogP contribution < -0.4 is 20.9 Å². The van der Waals surface area contributed by atoms with Gasteiger partial charge in [0, 0.05) is 23.5 Å². The molecule has 4 rings (SSSR count). The number of nitrogens with zero attached hydrogens (tertiary/aromatic N) is 2. The Morgan fingerprint density at radius 3 is 2.67 bits per heavy atom. The third-order valence-corrected chi connectivity index (χ3v) is 5.79. The number of alkyl halides is 3. The molecule has 2 heterocycles.